The Bertz CT molecular complexity index is 925. The van der Waals surface area contributed by atoms with Gasteiger partial charge in [-0.05, 0) is 18.1 Å². The fourth-order valence-corrected chi connectivity index (χ4v) is 3.20. The second-order valence-corrected chi connectivity index (χ2v) is 6.01. The van der Waals surface area contributed by atoms with Crippen molar-refractivity contribution in [2.45, 2.75) is 25.7 Å². The minimum atomic E-state index is -0.646. The number of nitrogens with two attached hydrogens (primary N) is 1. The highest BCUT2D eigenvalue weighted by Gasteiger charge is 2.34. The third-order valence-electron chi connectivity index (χ3n) is 4.01. The normalized spacial score (nSPS) is 16.3. The molecule has 3 N–H and O–H groups in total. The molecule has 24 heavy (non-hydrogen) atoms. The number of nitrogens with zero attached hydrogens (tertiary/aromatic N) is 1. The highest BCUT2D eigenvalue weighted by Crippen LogP contribution is 2.42. The SMILES string of the molecule is CCCc1cc2c(c(=O)[nH]1)C(c1ccccc1Cl)C(C#N)=C(N)O2. The van der Waals surface area contributed by atoms with E-state index >= 15 is 0 Å². The van der Waals surface area contributed by atoms with Crippen molar-refractivity contribution in [3.05, 3.63) is 74.0 Å². The third-order valence-corrected chi connectivity index (χ3v) is 4.35. The molecule has 2 aromatic rings. The average molecular weight is 342 g/mol. The van der Waals surface area contributed by atoms with E-state index in [1.54, 1.807) is 30.3 Å². The number of benzene rings is 1. The van der Waals surface area contributed by atoms with Gasteiger partial charge in [-0.15, -0.1) is 0 Å². The topological polar surface area (TPSA) is 91.9 Å². The standard InChI is InChI=1S/C18H16ClN3O2/c1-2-5-10-8-14-16(18(23)22-10)15(12(9-20)17(21)24-14)11-6-3-4-7-13(11)19/h3-4,6-8,15H,2,5,21H2,1H3,(H,22,23). The lowest BCUT2D eigenvalue weighted by atomic mass is 9.84. The van der Waals surface area contributed by atoms with Crippen molar-refractivity contribution in [2.75, 3.05) is 0 Å². The number of aryl methyl sites for hydroxylation is 1. The largest absolute Gasteiger partial charge is 0.440 e. The Labute approximate surface area is 144 Å². The van der Waals surface area contributed by atoms with Crippen molar-refractivity contribution >= 4 is 11.6 Å². The van der Waals surface area contributed by atoms with E-state index < -0.39 is 5.92 Å². The number of hydrogen-bond donors (Lipinski definition) is 2. The molecule has 2 heterocycles. The van der Waals surface area contributed by atoms with Crippen LogP contribution in [0.1, 0.15) is 36.1 Å². The first kappa shape index (κ1) is 16.2. The summed E-state index contributed by atoms with van der Waals surface area (Å²) in [6, 6.07) is 10.9. The maximum atomic E-state index is 12.7. The lowest BCUT2D eigenvalue weighted by molar-refractivity contribution is 0.391. The van der Waals surface area contributed by atoms with Crippen LogP contribution in [-0.4, -0.2) is 4.98 Å². The van der Waals surface area contributed by atoms with E-state index in [0.717, 1.165) is 18.5 Å². The zero-order valence-corrected chi connectivity index (χ0v) is 13.9. The first-order chi connectivity index (χ1) is 11.6. The molecule has 0 fully saturated rings. The molecule has 0 spiro atoms. The average Bonchev–Trinajstić information content (AvgIpc) is 2.54. The smallest absolute Gasteiger partial charge is 0.256 e. The van der Waals surface area contributed by atoms with E-state index in [0.29, 0.717) is 21.9 Å². The van der Waals surface area contributed by atoms with Crippen molar-refractivity contribution in [3.63, 3.8) is 0 Å². The van der Waals surface area contributed by atoms with Crippen LogP contribution in [-0.2, 0) is 6.42 Å². The number of aromatic nitrogens is 1. The van der Waals surface area contributed by atoms with Gasteiger partial charge in [0.2, 0.25) is 5.88 Å². The number of fused-ring (bicyclic) bond motifs is 1. The number of allylic oxidation sites excluding steroid dienone is 1. The summed E-state index contributed by atoms with van der Waals surface area (Å²) in [4.78, 5) is 15.5. The summed E-state index contributed by atoms with van der Waals surface area (Å²) >= 11 is 6.30. The number of H-pyrrole nitrogens is 1. The highest BCUT2D eigenvalue weighted by atomic mass is 35.5. The molecule has 1 aromatic carbocycles. The van der Waals surface area contributed by atoms with Crippen LogP contribution in [0.3, 0.4) is 0 Å². The van der Waals surface area contributed by atoms with Crippen LogP contribution in [0.25, 0.3) is 0 Å². The molecule has 0 amide bonds. The number of aromatic amines is 1. The Morgan fingerprint density at radius 2 is 2.17 bits per heavy atom. The number of hydrogen-bond acceptors (Lipinski definition) is 4. The second-order valence-electron chi connectivity index (χ2n) is 5.60. The van der Waals surface area contributed by atoms with E-state index in [-0.39, 0.29) is 17.0 Å². The second kappa shape index (κ2) is 6.42. The van der Waals surface area contributed by atoms with Crippen molar-refractivity contribution in [3.8, 4) is 11.8 Å². The van der Waals surface area contributed by atoms with Crippen molar-refractivity contribution in [1.29, 1.82) is 5.26 Å². The number of nitriles is 1. The summed E-state index contributed by atoms with van der Waals surface area (Å²) in [6.07, 6.45) is 1.61. The molecule has 0 aliphatic carbocycles. The van der Waals surface area contributed by atoms with E-state index in [9.17, 15) is 10.1 Å². The molecule has 6 heteroatoms. The molecule has 0 radical (unpaired) electrons. The molecule has 122 valence electrons. The highest BCUT2D eigenvalue weighted by molar-refractivity contribution is 6.31. The third kappa shape index (κ3) is 2.66. The Morgan fingerprint density at radius 1 is 1.42 bits per heavy atom. The molecular formula is C18H16ClN3O2. The Kier molecular flexibility index (Phi) is 4.32. The van der Waals surface area contributed by atoms with Gasteiger partial charge in [-0.2, -0.15) is 5.26 Å². The lowest BCUT2D eigenvalue weighted by Gasteiger charge is -2.26. The first-order valence-electron chi connectivity index (χ1n) is 7.65. The van der Waals surface area contributed by atoms with Crippen LogP contribution < -0.4 is 16.0 Å². The predicted octanol–water partition coefficient (Wildman–Crippen LogP) is 3.20. The van der Waals surface area contributed by atoms with Crippen LogP contribution in [0.15, 0.2) is 46.6 Å². The summed E-state index contributed by atoms with van der Waals surface area (Å²) in [6.45, 7) is 2.02. The summed E-state index contributed by atoms with van der Waals surface area (Å²) in [5.74, 6) is -0.265. The molecule has 3 rings (SSSR count). The number of halogens is 1. The molecule has 1 aliphatic heterocycles. The Balaban J connectivity index is 2.27. The predicted molar refractivity (Wildman–Crippen MR) is 91.8 cm³/mol. The number of rotatable bonds is 3. The van der Waals surface area contributed by atoms with Crippen LogP contribution in [0.2, 0.25) is 5.02 Å². The molecule has 1 unspecified atom stereocenters. The fourth-order valence-electron chi connectivity index (χ4n) is 2.96. The van der Waals surface area contributed by atoms with Crippen LogP contribution in [0.5, 0.6) is 5.75 Å². The van der Waals surface area contributed by atoms with Gasteiger partial charge in [-0.3, -0.25) is 4.79 Å². The molecule has 0 bridgehead atoms. The van der Waals surface area contributed by atoms with Gasteiger partial charge in [0.15, 0.2) is 0 Å². The van der Waals surface area contributed by atoms with Crippen LogP contribution in [0.4, 0.5) is 0 Å². The van der Waals surface area contributed by atoms with Crippen LogP contribution >= 0.6 is 11.6 Å². The maximum absolute atomic E-state index is 12.7. The van der Waals surface area contributed by atoms with E-state index in [1.165, 1.54) is 0 Å². The van der Waals surface area contributed by atoms with Gasteiger partial charge >= 0.3 is 0 Å². The number of ether oxygens (including phenoxy) is 1. The number of pyridine rings is 1. The van der Waals surface area contributed by atoms with Gasteiger partial charge in [0.05, 0.1) is 11.5 Å². The number of nitrogens with one attached hydrogen (secondary N) is 1. The quantitative estimate of drug-likeness (QED) is 0.896. The fraction of sp³-hybridized carbons (Fsp3) is 0.222. The van der Waals surface area contributed by atoms with Gasteiger partial charge in [-0.25, -0.2) is 0 Å². The first-order valence-corrected chi connectivity index (χ1v) is 8.02. The van der Waals surface area contributed by atoms with E-state index in [4.69, 9.17) is 22.1 Å². The van der Waals surface area contributed by atoms with Gasteiger partial charge in [0.25, 0.3) is 5.56 Å². The van der Waals surface area contributed by atoms with Crippen molar-refractivity contribution in [2.24, 2.45) is 5.73 Å². The monoisotopic (exact) mass is 341 g/mol. The zero-order valence-electron chi connectivity index (χ0n) is 13.1. The zero-order chi connectivity index (χ0) is 17.3. The molecule has 1 aliphatic rings. The molecule has 1 aromatic heterocycles. The summed E-state index contributed by atoms with van der Waals surface area (Å²) in [5, 5.41) is 9.98. The van der Waals surface area contributed by atoms with Crippen molar-refractivity contribution < 1.29 is 4.74 Å². The lowest BCUT2D eigenvalue weighted by Crippen LogP contribution is -2.28. The van der Waals surface area contributed by atoms with Crippen molar-refractivity contribution in [1.82, 2.24) is 4.98 Å². The minimum Gasteiger partial charge on any atom is -0.440 e. The summed E-state index contributed by atoms with van der Waals surface area (Å²) < 4.78 is 5.57. The Hall–Kier alpha value is -2.71. The summed E-state index contributed by atoms with van der Waals surface area (Å²) in [5.41, 5.74) is 7.61. The van der Waals surface area contributed by atoms with Gasteiger partial charge in [0, 0.05) is 16.8 Å². The van der Waals surface area contributed by atoms with Gasteiger partial charge in [-0.1, -0.05) is 43.1 Å². The Morgan fingerprint density at radius 3 is 2.83 bits per heavy atom. The van der Waals surface area contributed by atoms with Gasteiger partial charge < -0.3 is 15.5 Å². The van der Waals surface area contributed by atoms with E-state index in [1.807, 2.05) is 6.92 Å². The molecule has 5 nitrogen and oxygen atoms in total. The molecular weight excluding hydrogens is 326 g/mol. The minimum absolute atomic E-state index is 0.00275. The van der Waals surface area contributed by atoms with Crippen LogP contribution in [0, 0.1) is 11.3 Å². The molecule has 0 saturated carbocycles. The molecule has 0 saturated heterocycles. The molecule has 1 atom stereocenters. The summed E-state index contributed by atoms with van der Waals surface area (Å²) in [7, 11) is 0. The van der Waals surface area contributed by atoms with E-state index in [2.05, 4.69) is 11.1 Å². The van der Waals surface area contributed by atoms with Gasteiger partial charge in [0.1, 0.15) is 17.4 Å². The maximum Gasteiger partial charge on any atom is 0.256 e.